The van der Waals surface area contributed by atoms with Crippen LogP contribution in [0.2, 0.25) is 0 Å². The molecule has 140 valence electrons. The number of ether oxygens (including phenoxy) is 2. The molecule has 0 aliphatic rings. The van der Waals surface area contributed by atoms with Crippen LogP contribution in [0.1, 0.15) is 11.1 Å². The largest absolute Gasteiger partial charge is 0.508 e. The van der Waals surface area contributed by atoms with E-state index in [9.17, 15) is 20.1 Å². The van der Waals surface area contributed by atoms with Crippen molar-refractivity contribution < 1.29 is 29.6 Å². The van der Waals surface area contributed by atoms with E-state index in [4.69, 9.17) is 9.47 Å². The molecule has 27 heavy (non-hydrogen) atoms. The van der Waals surface area contributed by atoms with Gasteiger partial charge in [0.15, 0.2) is 28.8 Å². The molecule has 6 nitrogen and oxygen atoms in total. The number of methoxy groups -OCH3 is 2. The predicted octanol–water partition coefficient (Wildman–Crippen LogP) is 3.85. The number of aromatic hydroxyl groups is 2. The number of ketones is 1. The molecule has 0 radical (unpaired) electrons. The van der Waals surface area contributed by atoms with Crippen molar-refractivity contribution in [3.8, 4) is 23.0 Å². The highest BCUT2D eigenvalue weighted by Crippen LogP contribution is 2.27. The summed E-state index contributed by atoms with van der Waals surface area (Å²) in [5.41, 5.74) is 1.35. The Bertz CT molecular complexity index is 909. The van der Waals surface area contributed by atoms with Crippen LogP contribution in [-0.4, -0.2) is 35.3 Å². The monoisotopic (exact) mass is 368 g/mol. The third kappa shape index (κ3) is 5.67. The van der Waals surface area contributed by atoms with Gasteiger partial charge in [0.25, 0.3) is 0 Å². The molecule has 0 fully saturated rings. The summed E-state index contributed by atoms with van der Waals surface area (Å²) in [6.45, 7) is 0. The van der Waals surface area contributed by atoms with Gasteiger partial charge < -0.3 is 24.8 Å². The minimum absolute atomic E-state index is 0.00881. The van der Waals surface area contributed by atoms with Crippen LogP contribution >= 0.6 is 0 Å². The van der Waals surface area contributed by atoms with Crippen molar-refractivity contribution in [2.24, 2.45) is 0 Å². The van der Waals surface area contributed by atoms with Crippen molar-refractivity contribution in [2.45, 2.75) is 0 Å². The number of aliphatic hydroxyl groups excluding tert-OH is 1. The lowest BCUT2D eigenvalue weighted by Gasteiger charge is -2.03. The first-order valence-electron chi connectivity index (χ1n) is 7.97. The first kappa shape index (κ1) is 19.7. The van der Waals surface area contributed by atoms with Crippen molar-refractivity contribution in [1.29, 1.82) is 0 Å². The van der Waals surface area contributed by atoms with E-state index in [0.717, 1.165) is 6.08 Å². The molecule has 0 atom stereocenters. The summed E-state index contributed by atoms with van der Waals surface area (Å²) >= 11 is 0. The molecule has 0 aliphatic heterocycles. The fraction of sp³-hybridized carbons (Fsp3) is 0.0952. The van der Waals surface area contributed by atoms with Crippen molar-refractivity contribution >= 4 is 17.9 Å². The highest BCUT2D eigenvalue weighted by molar-refractivity contribution is 6.02. The Balaban J connectivity index is 2.05. The fourth-order valence-electron chi connectivity index (χ4n) is 2.20. The SMILES string of the molecule is COc1cc(/C=C\C(=O)/C=C(O)/C=C/c2ccc(O)c(OC)c2)ccc1O. The second-order valence-electron chi connectivity index (χ2n) is 5.50. The van der Waals surface area contributed by atoms with Crippen LogP contribution in [0.3, 0.4) is 0 Å². The predicted molar refractivity (Wildman–Crippen MR) is 103 cm³/mol. The molecule has 2 aromatic rings. The van der Waals surface area contributed by atoms with Crippen LogP contribution in [-0.2, 0) is 4.79 Å². The summed E-state index contributed by atoms with van der Waals surface area (Å²) in [6.07, 6.45) is 6.85. The van der Waals surface area contributed by atoms with E-state index in [0.29, 0.717) is 22.6 Å². The van der Waals surface area contributed by atoms with E-state index in [1.54, 1.807) is 36.4 Å². The van der Waals surface area contributed by atoms with Gasteiger partial charge in [-0.15, -0.1) is 0 Å². The summed E-state index contributed by atoms with van der Waals surface area (Å²) in [4.78, 5) is 11.9. The zero-order valence-electron chi connectivity index (χ0n) is 14.9. The van der Waals surface area contributed by atoms with E-state index in [1.165, 1.54) is 38.5 Å². The summed E-state index contributed by atoms with van der Waals surface area (Å²) in [5, 5.41) is 29.0. The van der Waals surface area contributed by atoms with Gasteiger partial charge >= 0.3 is 0 Å². The molecule has 0 saturated carbocycles. The Hall–Kier alpha value is -3.67. The van der Waals surface area contributed by atoms with Crippen LogP contribution in [0.25, 0.3) is 12.2 Å². The summed E-state index contributed by atoms with van der Waals surface area (Å²) in [6, 6.07) is 9.38. The average molecular weight is 368 g/mol. The van der Waals surface area contributed by atoms with Gasteiger partial charge in [0.2, 0.25) is 0 Å². The number of phenols is 2. The van der Waals surface area contributed by atoms with Gasteiger partial charge in [-0.1, -0.05) is 24.3 Å². The maximum absolute atomic E-state index is 11.9. The average Bonchev–Trinajstić information content (AvgIpc) is 2.66. The number of benzene rings is 2. The van der Waals surface area contributed by atoms with Crippen LogP contribution in [0.4, 0.5) is 0 Å². The third-order valence-electron chi connectivity index (χ3n) is 3.58. The Morgan fingerprint density at radius 2 is 1.33 bits per heavy atom. The molecule has 0 bridgehead atoms. The number of carbonyl (C=O) groups is 1. The van der Waals surface area contributed by atoms with Gasteiger partial charge in [-0.25, -0.2) is 0 Å². The zero-order chi connectivity index (χ0) is 19.8. The third-order valence-corrected chi connectivity index (χ3v) is 3.58. The van der Waals surface area contributed by atoms with Gasteiger partial charge in [0.1, 0.15) is 5.76 Å². The van der Waals surface area contributed by atoms with Gasteiger partial charge in [-0.3, -0.25) is 4.79 Å². The van der Waals surface area contributed by atoms with Crippen LogP contribution in [0, 0.1) is 0 Å². The number of allylic oxidation sites excluding steroid dienone is 3. The molecule has 0 unspecified atom stereocenters. The Morgan fingerprint density at radius 3 is 1.81 bits per heavy atom. The van der Waals surface area contributed by atoms with Crippen molar-refractivity contribution in [3.05, 3.63) is 71.5 Å². The van der Waals surface area contributed by atoms with Crippen molar-refractivity contribution in [1.82, 2.24) is 0 Å². The molecule has 0 amide bonds. The molecule has 3 N–H and O–H groups in total. The molecule has 0 aromatic heterocycles. The number of rotatable bonds is 7. The second-order valence-corrected chi connectivity index (χ2v) is 5.50. The number of phenolic OH excluding ortho intramolecular Hbond substituents is 2. The smallest absolute Gasteiger partial charge is 0.182 e. The van der Waals surface area contributed by atoms with Gasteiger partial charge in [-0.05, 0) is 47.5 Å². The molecule has 2 aromatic carbocycles. The molecule has 0 saturated heterocycles. The lowest BCUT2D eigenvalue weighted by Crippen LogP contribution is -1.89. The first-order valence-corrected chi connectivity index (χ1v) is 7.97. The molecule has 0 spiro atoms. The molecular weight excluding hydrogens is 348 g/mol. The Morgan fingerprint density at radius 1 is 0.852 bits per heavy atom. The van der Waals surface area contributed by atoms with E-state index in [1.807, 2.05) is 0 Å². The highest BCUT2D eigenvalue weighted by Gasteiger charge is 2.02. The summed E-state index contributed by atoms with van der Waals surface area (Å²) < 4.78 is 10.0. The molecule has 2 rings (SSSR count). The number of carbonyl (C=O) groups excluding carboxylic acids is 1. The first-order chi connectivity index (χ1) is 12.9. The van der Waals surface area contributed by atoms with Crippen LogP contribution in [0.5, 0.6) is 23.0 Å². The van der Waals surface area contributed by atoms with E-state index >= 15 is 0 Å². The van der Waals surface area contributed by atoms with Crippen molar-refractivity contribution in [2.75, 3.05) is 14.2 Å². The fourth-order valence-corrected chi connectivity index (χ4v) is 2.20. The summed E-state index contributed by atoms with van der Waals surface area (Å²) in [5.74, 6) is 0.00163. The van der Waals surface area contributed by atoms with Crippen molar-refractivity contribution in [3.63, 3.8) is 0 Å². The lowest BCUT2D eigenvalue weighted by atomic mass is 10.1. The Kier molecular flexibility index (Phi) is 6.66. The normalized spacial score (nSPS) is 11.9. The maximum atomic E-state index is 11.9. The number of aliphatic hydroxyl groups is 1. The van der Waals surface area contributed by atoms with E-state index < -0.39 is 5.78 Å². The number of hydrogen-bond acceptors (Lipinski definition) is 6. The minimum atomic E-state index is -0.410. The number of hydrogen-bond donors (Lipinski definition) is 3. The van der Waals surface area contributed by atoms with Gasteiger partial charge in [0, 0.05) is 6.08 Å². The van der Waals surface area contributed by atoms with Gasteiger partial charge in [-0.2, -0.15) is 0 Å². The molecule has 0 aliphatic carbocycles. The quantitative estimate of drug-likeness (QED) is 0.390. The summed E-state index contributed by atoms with van der Waals surface area (Å²) in [7, 11) is 2.87. The molecular formula is C21H20O6. The zero-order valence-corrected chi connectivity index (χ0v) is 14.9. The highest BCUT2D eigenvalue weighted by atomic mass is 16.5. The lowest BCUT2D eigenvalue weighted by molar-refractivity contribution is -0.110. The van der Waals surface area contributed by atoms with Crippen LogP contribution < -0.4 is 9.47 Å². The maximum Gasteiger partial charge on any atom is 0.182 e. The van der Waals surface area contributed by atoms with E-state index in [-0.39, 0.29) is 17.3 Å². The van der Waals surface area contributed by atoms with Gasteiger partial charge in [0.05, 0.1) is 14.2 Å². The standard InChI is InChI=1S/C21H20O6/c1-26-20-11-14(5-9-18(20)24)3-7-16(22)13-17(23)8-4-15-6-10-19(25)21(12-15)27-2/h3-13,22,24-25H,1-2H3/b7-3+,8-4-,16-13-. The molecule has 6 heteroatoms. The van der Waals surface area contributed by atoms with E-state index in [2.05, 4.69) is 0 Å². The minimum Gasteiger partial charge on any atom is -0.508 e. The van der Waals surface area contributed by atoms with Crippen LogP contribution in [0.15, 0.2) is 60.4 Å². The Labute approximate surface area is 156 Å². The molecule has 0 heterocycles. The second kappa shape index (κ2) is 9.15. The topological polar surface area (TPSA) is 96.2 Å².